The molecule has 2 rings (SSSR count). The second kappa shape index (κ2) is 4.03. The highest BCUT2D eigenvalue weighted by molar-refractivity contribution is 7.99. The third-order valence-corrected chi connectivity index (χ3v) is 3.58. The number of nitrogens with two attached hydrogens (primary N) is 1. The third kappa shape index (κ3) is 1.88. The van der Waals surface area contributed by atoms with Crippen LogP contribution in [0.5, 0.6) is 0 Å². The molecule has 0 aliphatic carbocycles. The predicted octanol–water partition coefficient (Wildman–Crippen LogP) is 2.09. The SMILES string of the molecule is CC(C#N)N1CCSc2ccc(N)cc21. The van der Waals surface area contributed by atoms with Crippen molar-refractivity contribution in [3.8, 4) is 6.07 Å². The molecule has 0 saturated heterocycles. The van der Waals surface area contributed by atoms with Gasteiger partial charge in [0.05, 0.1) is 11.8 Å². The molecule has 0 aromatic heterocycles. The molecule has 1 unspecified atom stereocenters. The molecule has 0 spiro atoms. The maximum absolute atomic E-state index is 8.95. The normalized spacial score (nSPS) is 16.7. The summed E-state index contributed by atoms with van der Waals surface area (Å²) in [6.45, 7) is 2.83. The van der Waals surface area contributed by atoms with Crippen molar-refractivity contribution in [2.24, 2.45) is 0 Å². The first-order valence-corrected chi connectivity index (χ1v) is 5.89. The quantitative estimate of drug-likeness (QED) is 0.735. The zero-order valence-electron chi connectivity index (χ0n) is 8.60. The van der Waals surface area contributed by atoms with Crippen molar-refractivity contribution >= 4 is 23.1 Å². The average Bonchev–Trinajstić information content (AvgIpc) is 2.27. The summed E-state index contributed by atoms with van der Waals surface area (Å²) in [7, 11) is 0. The molecule has 78 valence electrons. The van der Waals surface area contributed by atoms with Crippen LogP contribution in [0.4, 0.5) is 11.4 Å². The monoisotopic (exact) mass is 219 g/mol. The van der Waals surface area contributed by atoms with E-state index in [1.54, 1.807) is 0 Å². The highest BCUT2D eigenvalue weighted by atomic mass is 32.2. The molecule has 4 heteroatoms. The maximum Gasteiger partial charge on any atom is 0.114 e. The van der Waals surface area contributed by atoms with Gasteiger partial charge in [0.1, 0.15) is 6.04 Å². The Kier molecular flexibility index (Phi) is 2.74. The maximum atomic E-state index is 8.95. The molecular weight excluding hydrogens is 206 g/mol. The van der Waals surface area contributed by atoms with Crippen LogP contribution in [0.25, 0.3) is 0 Å². The minimum atomic E-state index is -0.0913. The van der Waals surface area contributed by atoms with Crippen LogP contribution < -0.4 is 10.6 Å². The standard InChI is InChI=1S/C11H13N3S/c1-8(7-12)14-4-5-15-11-3-2-9(13)6-10(11)14/h2-3,6,8H,4-5,13H2,1H3. The van der Waals surface area contributed by atoms with Crippen LogP contribution in [-0.4, -0.2) is 18.3 Å². The smallest absolute Gasteiger partial charge is 0.114 e. The van der Waals surface area contributed by atoms with E-state index in [4.69, 9.17) is 11.0 Å². The first-order chi connectivity index (χ1) is 7.22. The molecule has 1 aliphatic heterocycles. The highest BCUT2D eigenvalue weighted by Gasteiger charge is 2.21. The zero-order valence-corrected chi connectivity index (χ0v) is 9.42. The Balaban J connectivity index is 2.41. The Morgan fingerprint density at radius 2 is 2.40 bits per heavy atom. The fraction of sp³-hybridized carbons (Fsp3) is 0.364. The molecular formula is C11H13N3S. The second-order valence-corrected chi connectivity index (χ2v) is 4.71. The lowest BCUT2D eigenvalue weighted by Gasteiger charge is -2.32. The van der Waals surface area contributed by atoms with E-state index in [0.717, 1.165) is 23.7 Å². The summed E-state index contributed by atoms with van der Waals surface area (Å²) >= 11 is 1.82. The second-order valence-electron chi connectivity index (χ2n) is 3.57. The summed E-state index contributed by atoms with van der Waals surface area (Å²) in [5.41, 5.74) is 7.62. The van der Waals surface area contributed by atoms with E-state index in [9.17, 15) is 0 Å². The van der Waals surface area contributed by atoms with Crippen molar-refractivity contribution < 1.29 is 0 Å². The molecule has 2 N–H and O–H groups in total. The fourth-order valence-electron chi connectivity index (χ4n) is 1.73. The lowest BCUT2D eigenvalue weighted by Crippen LogP contribution is -2.36. The minimum Gasteiger partial charge on any atom is -0.399 e. The molecule has 1 atom stereocenters. The van der Waals surface area contributed by atoms with Gasteiger partial charge in [-0.05, 0) is 25.1 Å². The molecule has 15 heavy (non-hydrogen) atoms. The number of nitrogen functional groups attached to an aromatic ring is 1. The van der Waals surface area contributed by atoms with Gasteiger partial charge >= 0.3 is 0 Å². The van der Waals surface area contributed by atoms with Crippen molar-refractivity contribution in [2.45, 2.75) is 17.9 Å². The van der Waals surface area contributed by atoms with Crippen molar-refractivity contribution in [2.75, 3.05) is 22.9 Å². The molecule has 1 aliphatic rings. The summed E-state index contributed by atoms with van der Waals surface area (Å²) in [5.74, 6) is 1.03. The fourth-order valence-corrected chi connectivity index (χ4v) is 2.72. The molecule has 1 heterocycles. The van der Waals surface area contributed by atoms with E-state index >= 15 is 0 Å². The number of nitriles is 1. The summed E-state index contributed by atoms with van der Waals surface area (Å²) in [6, 6.07) is 8.08. The van der Waals surface area contributed by atoms with E-state index < -0.39 is 0 Å². The lowest BCUT2D eigenvalue weighted by atomic mass is 10.2. The molecule has 0 bridgehead atoms. The van der Waals surface area contributed by atoms with Gasteiger partial charge in [-0.3, -0.25) is 0 Å². The van der Waals surface area contributed by atoms with Gasteiger partial charge in [0.25, 0.3) is 0 Å². The number of fused-ring (bicyclic) bond motifs is 1. The lowest BCUT2D eigenvalue weighted by molar-refractivity contribution is 0.758. The van der Waals surface area contributed by atoms with Crippen molar-refractivity contribution in [1.29, 1.82) is 5.26 Å². The predicted molar refractivity (Wildman–Crippen MR) is 64.0 cm³/mol. The number of rotatable bonds is 1. The largest absolute Gasteiger partial charge is 0.399 e. The summed E-state index contributed by atoms with van der Waals surface area (Å²) in [4.78, 5) is 3.33. The first-order valence-electron chi connectivity index (χ1n) is 4.91. The van der Waals surface area contributed by atoms with Crippen LogP contribution in [0.15, 0.2) is 23.1 Å². The number of hydrogen-bond acceptors (Lipinski definition) is 4. The van der Waals surface area contributed by atoms with Gasteiger partial charge < -0.3 is 10.6 Å². The van der Waals surface area contributed by atoms with Gasteiger partial charge in [0.15, 0.2) is 0 Å². The van der Waals surface area contributed by atoms with Crippen LogP contribution in [-0.2, 0) is 0 Å². The Morgan fingerprint density at radius 3 is 3.13 bits per heavy atom. The number of nitrogens with zero attached hydrogens (tertiary/aromatic N) is 2. The molecule has 0 fully saturated rings. The van der Waals surface area contributed by atoms with Gasteiger partial charge in [0.2, 0.25) is 0 Å². The van der Waals surface area contributed by atoms with Gasteiger partial charge in [-0.15, -0.1) is 11.8 Å². The van der Waals surface area contributed by atoms with Crippen LogP contribution in [0.1, 0.15) is 6.92 Å². The van der Waals surface area contributed by atoms with Crippen LogP contribution in [0.3, 0.4) is 0 Å². The van der Waals surface area contributed by atoms with Crippen LogP contribution in [0, 0.1) is 11.3 Å². The van der Waals surface area contributed by atoms with Crippen molar-refractivity contribution in [1.82, 2.24) is 0 Å². The number of hydrogen-bond donors (Lipinski definition) is 1. The zero-order chi connectivity index (χ0) is 10.8. The van der Waals surface area contributed by atoms with Crippen molar-refractivity contribution in [3.05, 3.63) is 18.2 Å². The summed E-state index contributed by atoms with van der Waals surface area (Å²) < 4.78 is 0. The first kappa shape index (κ1) is 10.2. The van der Waals surface area contributed by atoms with Crippen molar-refractivity contribution in [3.63, 3.8) is 0 Å². The van der Waals surface area contributed by atoms with E-state index in [1.165, 1.54) is 4.90 Å². The summed E-state index contributed by atoms with van der Waals surface area (Å²) in [6.07, 6.45) is 0. The molecule has 0 amide bonds. The molecule has 3 nitrogen and oxygen atoms in total. The Morgan fingerprint density at radius 1 is 1.60 bits per heavy atom. The highest BCUT2D eigenvalue weighted by Crippen LogP contribution is 2.36. The topological polar surface area (TPSA) is 53.0 Å². The van der Waals surface area contributed by atoms with Gasteiger partial charge in [-0.2, -0.15) is 5.26 Å². The van der Waals surface area contributed by atoms with Gasteiger partial charge in [0, 0.05) is 22.9 Å². The Hall–Kier alpha value is -1.34. The minimum absolute atomic E-state index is 0.0913. The van der Waals surface area contributed by atoms with E-state index in [0.29, 0.717) is 0 Å². The average molecular weight is 219 g/mol. The number of anilines is 2. The van der Waals surface area contributed by atoms with Crippen LogP contribution >= 0.6 is 11.8 Å². The van der Waals surface area contributed by atoms with E-state index in [2.05, 4.69) is 11.0 Å². The van der Waals surface area contributed by atoms with Gasteiger partial charge in [-0.25, -0.2) is 0 Å². The Labute approximate surface area is 93.9 Å². The van der Waals surface area contributed by atoms with E-state index in [-0.39, 0.29) is 6.04 Å². The number of benzene rings is 1. The van der Waals surface area contributed by atoms with E-state index in [1.807, 2.05) is 36.9 Å². The molecule has 1 aromatic rings. The molecule has 0 saturated carbocycles. The van der Waals surface area contributed by atoms with Crippen LogP contribution in [0.2, 0.25) is 0 Å². The third-order valence-electron chi connectivity index (χ3n) is 2.54. The van der Waals surface area contributed by atoms with Gasteiger partial charge in [-0.1, -0.05) is 0 Å². The Bertz CT molecular complexity index is 411. The molecule has 0 radical (unpaired) electrons. The summed E-state index contributed by atoms with van der Waals surface area (Å²) in [5, 5.41) is 8.95. The molecule has 1 aromatic carbocycles. The number of thioether (sulfide) groups is 1.